The zero-order valence-corrected chi connectivity index (χ0v) is 23.8. The largest absolute Gasteiger partial charge is 0.438 e. The van der Waals surface area contributed by atoms with Gasteiger partial charge in [0.2, 0.25) is 11.8 Å². The summed E-state index contributed by atoms with van der Waals surface area (Å²) in [7, 11) is -3.63. The van der Waals surface area contributed by atoms with Crippen LogP contribution in [0.1, 0.15) is 22.3 Å². The van der Waals surface area contributed by atoms with Crippen LogP contribution in [0, 0.1) is 25.2 Å². The molecule has 5 rings (SSSR count). The van der Waals surface area contributed by atoms with Crippen LogP contribution in [0.2, 0.25) is 0 Å². The molecule has 4 aromatic rings. The van der Waals surface area contributed by atoms with Gasteiger partial charge < -0.3 is 10.1 Å². The zero-order valence-electron chi connectivity index (χ0n) is 22.2. The van der Waals surface area contributed by atoms with E-state index in [-0.39, 0.29) is 0 Å². The highest BCUT2D eigenvalue weighted by Crippen LogP contribution is 2.35. The SMILES string of the molecule is Cc1cc(/C=C/C#N)cc(C)c1Oc1nc(Nc2ccc(CN3CCN(S(N)(=O)=O)CC3)cc2)nc2sccc12. The molecule has 0 bridgehead atoms. The molecule has 2 aromatic heterocycles. The maximum Gasteiger partial charge on any atom is 0.276 e. The Kier molecular flexibility index (Phi) is 8.11. The van der Waals surface area contributed by atoms with Crippen LogP contribution in [0.4, 0.5) is 11.6 Å². The molecule has 0 aliphatic carbocycles. The van der Waals surface area contributed by atoms with Crippen molar-refractivity contribution in [1.82, 2.24) is 19.2 Å². The Hall–Kier alpha value is -3.86. The third kappa shape index (κ3) is 6.47. The van der Waals surface area contributed by atoms with Crippen LogP contribution in [0.5, 0.6) is 11.6 Å². The highest BCUT2D eigenvalue weighted by Gasteiger charge is 2.23. The molecule has 1 fully saturated rings. The molecule has 3 N–H and O–H groups in total. The molecule has 3 heterocycles. The third-order valence-electron chi connectivity index (χ3n) is 6.63. The van der Waals surface area contributed by atoms with Gasteiger partial charge in [-0.2, -0.15) is 23.0 Å². The molecule has 1 saturated heterocycles. The first-order valence-corrected chi connectivity index (χ1v) is 15.0. The third-order valence-corrected chi connectivity index (χ3v) is 8.52. The molecule has 40 heavy (non-hydrogen) atoms. The molecule has 0 radical (unpaired) electrons. The fourth-order valence-corrected chi connectivity index (χ4v) is 6.08. The van der Waals surface area contributed by atoms with Gasteiger partial charge in [0.15, 0.2) is 0 Å². The van der Waals surface area contributed by atoms with Gasteiger partial charge in [-0.1, -0.05) is 12.1 Å². The van der Waals surface area contributed by atoms with E-state index in [2.05, 4.69) is 15.2 Å². The average Bonchev–Trinajstić information content (AvgIpc) is 3.39. The number of fused-ring (bicyclic) bond motifs is 1. The number of nitrogens with zero attached hydrogens (tertiary/aromatic N) is 5. The van der Waals surface area contributed by atoms with E-state index in [0.717, 1.165) is 50.5 Å². The minimum atomic E-state index is -3.63. The summed E-state index contributed by atoms with van der Waals surface area (Å²) in [6.45, 7) is 6.72. The number of hydrogen-bond donors (Lipinski definition) is 2. The summed E-state index contributed by atoms with van der Waals surface area (Å²) in [5, 5.41) is 20.2. The quantitative estimate of drug-likeness (QED) is 0.288. The highest BCUT2D eigenvalue weighted by atomic mass is 32.2. The number of aryl methyl sites for hydroxylation is 2. The molecule has 12 heteroatoms. The Morgan fingerprint density at radius 1 is 1.10 bits per heavy atom. The van der Waals surface area contributed by atoms with Crippen molar-refractivity contribution >= 4 is 49.5 Å². The van der Waals surface area contributed by atoms with Crippen LogP contribution in [-0.2, 0) is 16.8 Å². The first-order valence-electron chi connectivity index (χ1n) is 12.7. The highest BCUT2D eigenvalue weighted by molar-refractivity contribution is 7.86. The lowest BCUT2D eigenvalue weighted by Crippen LogP contribution is -2.50. The lowest BCUT2D eigenvalue weighted by Gasteiger charge is -2.32. The molecule has 10 nitrogen and oxygen atoms in total. The standard InChI is InChI=1S/C28H29N7O3S2/c1-19-16-22(4-3-10-29)17-20(2)25(19)38-26-24-9-15-39-27(24)33-28(32-26)31-23-7-5-21(6-8-23)18-34-11-13-35(14-12-34)40(30,36)37/h3-9,15-17H,11-14,18H2,1-2H3,(H2,30,36,37)(H,31,32,33)/b4-3+. The maximum atomic E-state index is 11.5. The van der Waals surface area contributed by atoms with E-state index < -0.39 is 10.2 Å². The van der Waals surface area contributed by atoms with Gasteiger partial charge in [-0.25, -0.2) is 10.1 Å². The smallest absolute Gasteiger partial charge is 0.276 e. The second kappa shape index (κ2) is 11.7. The second-order valence-corrected chi connectivity index (χ2v) is 12.0. The van der Waals surface area contributed by atoms with Crippen molar-refractivity contribution in [3.63, 3.8) is 0 Å². The van der Waals surface area contributed by atoms with Gasteiger partial charge in [0, 0.05) is 44.5 Å². The molecule has 0 atom stereocenters. The van der Waals surface area contributed by atoms with E-state index in [1.165, 1.54) is 21.7 Å². The summed E-state index contributed by atoms with van der Waals surface area (Å²) in [4.78, 5) is 12.4. The maximum absolute atomic E-state index is 11.5. The van der Waals surface area contributed by atoms with Crippen molar-refractivity contribution in [2.45, 2.75) is 20.4 Å². The van der Waals surface area contributed by atoms with Crippen LogP contribution in [-0.4, -0.2) is 53.8 Å². The van der Waals surface area contributed by atoms with Gasteiger partial charge in [-0.05, 0) is 77.9 Å². The average molecular weight is 576 g/mol. The molecule has 0 spiro atoms. The Bertz CT molecular complexity index is 1680. The van der Waals surface area contributed by atoms with Crippen LogP contribution in [0.3, 0.4) is 0 Å². The fourth-order valence-electron chi connectivity index (χ4n) is 4.66. The lowest BCUT2D eigenvalue weighted by atomic mass is 10.1. The number of ether oxygens (including phenoxy) is 1. The number of thiophene rings is 1. The number of anilines is 2. The fraction of sp³-hybridized carbons (Fsp3) is 0.250. The van der Waals surface area contributed by atoms with Gasteiger partial charge in [0.1, 0.15) is 10.6 Å². The monoisotopic (exact) mass is 575 g/mol. The molecule has 0 unspecified atom stereocenters. The lowest BCUT2D eigenvalue weighted by molar-refractivity contribution is 0.181. The van der Waals surface area contributed by atoms with Gasteiger partial charge >= 0.3 is 0 Å². The van der Waals surface area contributed by atoms with E-state index in [1.807, 2.05) is 67.8 Å². The van der Waals surface area contributed by atoms with Crippen molar-refractivity contribution in [1.29, 1.82) is 5.26 Å². The Morgan fingerprint density at radius 3 is 2.45 bits per heavy atom. The van der Waals surface area contributed by atoms with Gasteiger partial charge in [0.25, 0.3) is 10.2 Å². The van der Waals surface area contributed by atoms with Crippen molar-refractivity contribution < 1.29 is 13.2 Å². The molecular weight excluding hydrogens is 546 g/mol. The number of rotatable bonds is 8. The molecule has 206 valence electrons. The topological polar surface area (TPSA) is 137 Å². The van der Waals surface area contributed by atoms with Crippen LogP contribution >= 0.6 is 11.3 Å². The van der Waals surface area contributed by atoms with Crippen molar-refractivity contribution in [2.75, 3.05) is 31.5 Å². The summed E-state index contributed by atoms with van der Waals surface area (Å²) in [5.41, 5.74) is 4.77. The van der Waals surface area contributed by atoms with E-state index >= 15 is 0 Å². The minimum absolute atomic E-state index is 0.396. The van der Waals surface area contributed by atoms with Crippen LogP contribution in [0.25, 0.3) is 16.3 Å². The van der Waals surface area contributed by atoms with Crippen molar-refractivity contribution in [3.8, 4) is 17.7 Å². The first kappa shape index (κ1) is 27.7. The Labute approximate surface area is 237 Å². The van der Waals surface area contributed by atoms with E-state index in [1.54, 1.807) is 6.08 Å². The normalized spacial score (nSPS) is 14.9. The molecule has 2 aromatic carbocycles. The molecule has 1 aliphatic rings. The number of allylic oxidation sites excluding steroid dienone is 1. The van der Waals surface area contributed by atoms with E-state index in [9.17, 15) is 8.42 Å². The minimum Gasteiger partial charge on any atom is -0.438 e. The Balaban J connectivity index is 1.30. The number of nitrogens with two attached hydrogens (primary N) is 1. The summed E-state index contributed by atoms with van der Waals surface area (Å²) in [6, 6.07) is 15.9. The molecule has 0 amide bonds. The number of hydrogen-bond acceptors (Lipinski definition) is 9. The second-order valence-electron chi connectivity index (χ2n) is 9.58. The number of aromatic nitrogens is 2. The predicted molar refractivity (Wildman–Crippen MR) is 158 cm³/mol. The van der Waals surface area contributed by atoms with Gasteiger partial charge in [-0.15, -0.1) is 11.3 Å². The van der Waals surface area contributed by atoms with Crippen molar-refractivity contribution in [2.24, 2.45) is 5.14 Å². The predicted octanol–water partition coefficient (Wildman–Crippen LogP) is 4.70. The summed E-state index contributed by atoms with van der Waals surface area (Å²) in [6.07, 6.45) is 3.23. The summed E-state index contributed by atoms with van der Waals surface area (Å²) in [5.74, 6) is 1.62. The number of benzene rings is 2. The number of nitriles is 1. The van der Waals surface area contributed by atoms with Crippen LogP contribution in [0.15, 0.2) is 53.9 Å². The zero-order chi connectivity index (χ0) is 28.3. The van der Waals surface area contributed by atoms with Crippen LogP contribution < -0.4 is 15.2 Å². The first-order chi connectivity index (χ1) is 19.2. The van der Waals surface area contributed by atoms with Gasteiger partial charge in [0.05, 0.1) is 11.5 Å². The van der Waals surface area contributed by atoms with E-state index in [0.29, 0.717) is 38.0 Å². The summed E-state index contributed by atoms with van der Waals surface area (Å²) < 4.78 is 30.7. The van der Waals surface area contributed by atoms with Gasteiger partial charge in [-0.3, -0.25) is 4.90 Å². The molecule has 1 aliphatic heterocycles. The van der Waals surface area contributed by atoms with E-state index in [4.69, 9.17) is 20.1 Å². The molecular formula is C28H29N7O3S2. The van der Waals surface area contributed by atoms with Crippen molar-refractivity contribution in [3.05, 3.63) is 76.2 Å². The number of piperazine rings is 1. The molecule has 0 saturated carbocycles. The number of nitrogens with one attached hydrogen (secondary N) is 1. The summed E-state index contributed by atoms with van der Waals surface area (Å²) >= 11 is 1.51. The Morgan fingerprint density at radius 2 is 1.80 bits per heavy atom.